The molecule has 1 amide bonds. The summed E-state index contributed by atoms with van der Waals surface area (Å²) in [5.41, 5.74) is 3.46. The molecule has 0 saturated carbocycles. The van der Waals surface area contributed by atoms with Crippen LogP contribution in [-0.4, -0.2) is 56.6 Å². The molecule has 1 saturated heterocycles. The number of fused-ring (bicyclic) bond motifs is 1. The van der Waals surface area contributed by atoms with Crippen molar-refractivity contribution in [1.82, 2.24) is 29.7 Å². The van der Waals surface area contributed by atoms with E-state index in [9.17, 15) is 4.79 Å². The number of aryl methyl sites for hydroxylation is 2. The number of nitrogens with one attached hydrogen (secondary N) is 2. The summed E-state index contributed by atoms with van der Waals surface area (Å²) in [6.07, 6.45) is 8.14. The largest absolute Gasteiger partial charge is 0.379 e. The van der Waals surface area contributed by atoms with Crippen LogP contribution in [0.15, 0.2) is 36.9 Å². The molecule has 1 aliphatic rings. The van der Waals surface area contributed by atoms with E-state index in [1.807, 2.05) is 12.4 Å². The Morgan fingerprint density at radius 2 is 2.11 bits per heavy atom. The fourth-order valence-electron chi connectivity index (χ4n) is 4.29. The number of hydrogen-bond acceptors (Lipinski definition) is 7. The van der Waals surface area contributed by atoms with Gasteiger partial charge in [0.15, 0.2) is 5.65 Å². The molecule has 1 aromatic carbocycles. The number of rotatable bonds is 7. The quantitative estimate of drug-likeness (QED) is 0.410. The summed E-state index contributed by atoms with van der Waals surface area (Å²) in [7, 11) is 1.53. The van der Waals surface area contributed by atoms with E-state index in [4.69, 9.17) is 15.0 Å². The maximum absolute atomic E-state index is 15.3. The normalized spacial score (nSPS) is 15.2. The van der Waals surface area contributed by atoms with Crippen molar-refractivity contribution < 1.29 is 13.9 Å². The highest BCUT2D eigenvalue weighted by atomic mass is 19.1. The number of aromatic nitrogens is 5. The Morgan fingerprint density at radius 1 is 1.25 bits per heavy atom. The minimum absolute atomic E-state index is 0.0780. The maximum atomic E-state index is 15.3. The lowest BCUT2D eigenvalue weighted by Gasteiger charge is -2.15. The minimum atomic E-state index is -0.430. The standard InChI is InChI=1S/C25H25FN8O2/c1-15-8-16(25(35)28-2)9-19(22(15)26)20-11-30-34-13-21(17-10-29-33(12-17)6-3-5-27)23(32-24(20)34)31-18-4-7-36-14-18/h8-13,18H,3-4,6-7,14H2,1-2H3,(H,28,35)(H,31,32)/t18-/m0/s1. The molecule has 10 nitrogen and oxygen atoms in total. The van der Waals surface area contributed by atoms with Crippen LogP contribution >= 0.6 is 0 Å². The number of anilines is 1. The van der Waals surface area contributed by atoms with Gasteiger partial charge in [-0.05, 0) is 31.0 Å². The van der Waals surface area contributed by atoms with E-state index in [1.165, 1.54) is 19.2 Å². The molecule has 4 aromatic rings. The molecule has 36 heavy (non-hydrogen) atoms. The highest BCUT2D eigenvalue weighted by molar-refractivity contribution is 5.96. The van der Waals surface area contributed by atoms with Crippen molar-refractivity contribution in [3.63, 3.8) is 0 Å². The fraction of sp³-hybridized carbons (Fsp3) is 0.320. The molecule has 4 heterocycles. The van der Waals surface area contributed by atoms with Crippen LogP contribution in [0.3, 0.4) is 0 Å². The zero-order chi connectivity index (χ0) is 25.2. The third-order valence-electron chi connectivity index (χ3n) is 6.19. The van der Waals surface area contributed by atoms with Crippen LogP contribution < -0.4 is 10.6 Å². The van der Waals surface area contributed by atoms with Gasteiger partial charge in [0.05, 0.1) is 44.1 Å². The molecule has 11 heteroatoms. The summed E-state index contributed by atoms with van der Waals surface area (Å²) in [6.45, 7) is 3.33. The number of carbonyl (C=O) groups excluding carboxylic acids is 1. The minimum Gasteiger partial charge on any atom is -0.379 e. The van der Waals surface area contributed by atoms with Gasteiger partial charge in [0.25, 0.3) is 5.91 Å². The lowest BCUT2D eigenvalue weighted by molar-refractivity contribution is 0.0963. The van der Waals surface area contributed by atoms with Gasteiger partial charge in [-0.2, -0.15) is 15.5 Å². The Hall–Kier alpha value is -4.30. The second-order valence-corrected chi connectivity index (χ2v) is 8.67. The number of nitrogens with zero attached hydrogens (tertiary/aromatic N) is 6. The summed E-state index contributed by atoms with van der Waals surface area (Å²) in [5, 5.41) is 23.7. The molecule has 0 radical (unpaired) electrons. The third-order valence-corrected chi connectivity index (χ3v) is 6.19. The summed E-state index contributed by atoms with van der Waals surface area (Å²) >= 11 is 0. The molecule has 184 valence electrons. The molecule has 2 N–H and O–H groups in total. The molecule has 0 bridgehead atoms. The smallest absolute Gasteiger partial charge is 0.251 e. The first-order chi connectivity index (χ1) is 17.5. The molecule has 0 aliphatic carbocycles. The molecular formula is C25H25FN8O2. The molecule has 0 spiro atoms. The summed E-state index contributed by atoms with van der Waals surface area (Å²) in [5.74, 6) is -0.136. The van der Waals surface area contributed by atoms with E-state index in [1.54, 1.807) is 28.5 Å². The van der Waals surface area contributed by atoms with E-state index in [0.717, 1.165) is 17.5 Å². The molecule has 1 atom stereocenters. The first kappa shape index (κ1) is 23.4. The average Bonchev–Trinajstić information content (AvgIpc) is 3.65. The summed E-state index contributed by atoms with van der Waals surface area (Å²) in [6, 6.07) is 5.24. The summed E-state index contributed by atoms with van der Waals surface area (Å²) in [4.78, 5) is 17.1. The van der Waals surface area contributed by atoms with Gasteiger partial charge in [-0.1, -0.05) is 0 Å². The second-order valence-electron chi connectivity index (χ2n) is 8.67. The van der Waals surface area contributed by atoms with Gasteiger partial charge in [-0.15, -0.1) is 0 Å². The van der Waals surface area contributed by atoms with E-state index < -0.39 is 5.82 Å². The van der Waals surface area contributed by atoms with Crippen molar-refractivity contribution in [1.29, 1.82) is 5.26 Å². The third kappa shape index (κ3) is 4.38. The first-order valence-electron chi connectivity index (χ1n) is 11.6. The number of carbonyl (C=O) groups is 1. The van der Waals surface area contributed by atoms with Crippen molar-refractivity contribution in [2.75, 3.05) is 25.6 Å². The predicted octanol–water partition coefficient (Wildman–Crippen LogP) is 3.18. The van der Waals surface area contributed by atoms with Crippen molar-refractivity contribution in [2.45, 2.75) is 32.4 Å². The van der Waals surface area contributed by atoms with Crippen LogP contribution in [0.5, 0.6) is 0 Å². The number of benzene rings is 1. The SMILES string of the molecule is CNC(=O)c1cc(C)c(F)c(-c2cnn3cc(-c4cnn(CCC#N)c4)c(N[C@H]4CCOC4)nc23)c1. The van der Waals surface area contributed by atoms with Crippen LogP contribution in [-0.2, 0) is 11.3 Å². The molecule has 0 unspecified atom stereocenters. The van der Waals surface area contributed by atoms with Crippen LogP contribution in [0, 0.1) is 24.1 Å². The molecule has 3 aromatic heterocycles. The van der Waals surface area contributed by atoms with Gasteiger partial charge in [0.2, 0.25) is 0 Å². The van der Waals surface area contributed by atoms with E-state index in [0.29, 0.717) is 54.3 Å². The van der Waals surface area contributed by atoms with Gasteiger partial charge in [-0.3, -0.25) is 9.48 Å². The van der Waals surface area contributed by atoms with Gasteiger partial charge in [-0.25, -0.2) is 13.9 Å². The lowest BCUT2D eigenvalue weighted by Crippen LogP contribution is -2.20. The maximum Gasteiger partial charge on any atom is 0.251 e. The topological polar surface area (TPSA) is 122 Å². The lowest BCUT2D eigenvalue weighted by atomic mass is 10.0. The zero-order valence-corrected chi connectivity index (χ0v) is 20.0. The Balaban J connectivity index is 1.64. The number of nitriles is 1. The van der Waals surface area contributed by atoms with E-state index in [-0.39, 0.29) is 17.5 Å². The van der Waals surface area contributed by atoms with E-state index in [2.05, 4.69) is 26.9 Å². The highest BCUT2D eigenvalue weighted by Gasteiger charge is 2.22. The highest BCUT2D eigenvalue weighted by Crippen LogP contribution is 2.33. The second kappa shape index (κ2) is 9.75. The Labute approximate surface area is 206 Å². The van der Waals surface area contributed by atoms with E-state index >= 15 is 4.39 Å². The Kier molecular flexibility index (Phi) is 6.35. The van der Waals surface area contributed by atoms with Crippen LogP contribution in [0.4, 0.5) is 10.2 Å². The molecule has 1 aliphatic heterocycles. The van der Waals surface area contributed by atoms with Crippen LogP contribution in [0.25, 0.3) is 27.9 Å². The number of halogens is 1. The predicted molar refractivity (Wildman–Crippen MR) is 131 cm³/mol. The summed E-state index contributed by atoms with van der Waals surface area (Å²) < 4.78 is 24.1. The van der Waals surface area contributed by atoms with Gasteiger partial charge >= 0.3 is 0 Å². The van der Waals surface area contributed by atoms with Crippen molar-refractivity contribution >= 4 is 17.4 Å². The molecule has 5 rings (SSSR count). The molecular weight excluding hydrogens is 463 g/mol. The first-order valence-corrected chi connectivity index (χ1v) is 11.6. The monoisotopic (exact) mass is 488 g/mol. The van der Waals surface area contributed by atoms with Crippen molar-refractivity contribution in [3.8, 4) is 28.3 Å². The Morgan fingerprint density at radius 3 is 2.86 bits per heavy atom. The fourth-order valence-corrected chi connectivity index (χ4v) is 4.29. The number of ether oxygens (including phenoxy) is 1. The van der Waals surface area contributed by atoms with Gasteiger partial charge in [0.1, 0.15) is 11.6 Å². The average molecular weight is 489 g/mol. The van der Waals surface area contributed by atoms with Crippen LogP contribution in [0.2, 0.25) is 0 Å². The number of hydrogen-bond donors (Lipinski definition) is 2. The van der Waals surface area contributed by atoms with Gasteiger partial charge < -0.3 is 15.4 Å². The number of amides is 1. The van der Waals surface area contributed by atoms with Crippen molar-refractivity contribution in [3.05, 3.63) is 53.9 Å². The van der Waals surface area contributed by atoms with Crippen LogP contribution in [0.1, 0.15) is 28.8 Å². The van der Waals surface area contributed by atoms with Gasteiger partial charge in [0, 0.05) is 53.9 Å². The molecule has 1 fully saturated rings. The zero-order valence-electron chi connectivity index (χ0n) is 20.0. The Bertz CT molecular complexity index is 1480. The van der Waals surface area contributed by atoms with Crippen molar-refractivity contribution in [2.24, 2.45) is 0 Å².